The molecule has 0 saturated carbocycles. The second-order valence-corrected chi connectivity index (χ2v) is 12.5. The molecule has 1 fully saturated rings. The number of thiazole rings is 1. The van der Waals surface area contributed by atoms with Gasteiger partial charge in [-0.05, 0) is 22.7 Å². The Morgan fingerprint density at radius 3 is 2.41 bits per heavy atom. The van der Waals surface area contributed by atoms with E-state index in [9.17, 15) is 19.6 Å². The minimum absolute atomic E-state index is 0.0163. The number of ether oxygens (including phenoxy) is 1. The van der Waals surface area contributed by atoms with Crippen LogP contribution in [-0.4, -0.2) is 70.0 Å². The lowest BCUT2D eigenvalue weighted by molar-refractivity contribution is -0.156. The molecular weight excluding hydrogens is 643 g/mol. The summed E-state index contributed by atoms with van der Waals surface area (Å²) in [6, 6.07) is 18.5. The van der Waals surface area contributed by atoms with Crippen molar-refractivity contribution in [1.82, 2.24) is 24.6 Å². The molecule has 0 bridgehead atoms. The molecule has 2 aliphatic rings. The first-order chi connectivity index (χ1) is 21.4. The molecule has 0 radical (unpaired) electrons. The van der Waals surface area contributed by atoms with Gasteiger partial charge in [0.1, 0.15) is 28.1 Å². The number of hydrogen-bond acceptors (Lipinski definition) is 14. The molecule has 16 heteroatoms. The summed E-state index contributed by atoms with van der Waals surface area (Å²) >= 11 is 8.67. The highest BCUT2D eigenvalue weighted by Gasteiger charge is 2.65. The number of thiocarbonyl (C=S) groups is 1. The van der Waals surface area contributed by atoms with E-state index in [1.165, 1.54) is 28.4 Å². The number of carbonyl (C=O) groups is 3. The molecule has 2 aromatic heterocycles. The maximum atomic E-state index is 14.1. The zero-order valence-corrected chi connectivity index (χ0v) is 25.7. The van der Waals surface area contributed by atoms with Crippen LogP contribution in [-0.2, 0) is 19.1 Å². The number of aromatic nitrogens is 3. The molecule has 12 nitrogen and oxygen atoms in total. The van der Waals surface area contributed by atoms with Crippen molar-refractivity contribution in [1.29, 1.82) is 0 Å². The Balaban J connectivity index is 1.35. The molecule has 4 heterocycles. The van der Waals surface area contributed by atoms with E-state index in [-0.39, 0.29) is 22.3 Å². The minimum atomic E-state index is -1.70. The summed E-state index contributed by atoms with van der Waals surface area (Å²) in [7, 11) is 0. The number of esters is 1. The number of carbonyl (C=O) groups excluding carboxylic acids is 3. The van der Waals surface area contributed by atoms with Crippen molar-refractivity contribution in [2.45, 2.75) is 17.0 Å². The van der Waals surface area contributed by atoms with E-state index in [2.05, 4.69) is 24.8 Å². The van der Waals surface area contributed by atoms with Crippen LogP contribution >= 0.6 is 46.8 Å². The summed E-state index contributed by atoms with van der Waals surface area (Å²) in [5.74, 6) is -2.09. The second kappa shape index (κ2) is 12.2. The number of β-lactam (4-membered cyclic amide) rings is 1. The topological polar surface area (TPSA) is 173 Å². The summed E-state index contributed by atoms with van der Waals surface area (Å²) in [6.45, 7) is 0. The van der Waals surface area contributed by atoms with Crippen LogP contribution in [0.25, 0.3) is 5.57 Å². The maximum absolute atomic E-state index is 14.1. The zero-order valence-electron chi connectivity index (χ0n) is 22.4. The Hall–Kier alpha value is -4.51. The van der Waals surface area contributed by atoms with Crippen molar-refractivity contribution < 1.29 is 24.3 Å². The highest BCUT2D eigenvalue weighted by molar-refractivity contribution is 8.00. The Morgan fingerprint density at radius 1 is 1.18 bits per heavy atom. The normalized spacial score (nSPS) is 19.8. The third-order valence-corrected chi connectivity index (χ3v) is 10.1. The number of rotatable bonds is 9. The fourth-order valence-corrected chi connectivity index (χ4v) is 7.92. The number of nitrogens with one attached hydrogen (secondary N) is 1. The average Bonchev–Trinajstić information content (AvgIpc) is 3.75. The molecular formula is C28H21N7O5S4. The number of nitrogen functional groups attached to an aromatic ring is 1. The van der Waals surface area contributed by atoms with Crippen molar-refractivity contribution in [3.63, 3.8) is 0 Å². The van der Waals surface area contributed by atoms with E-state index in [0.29, 0.717) is 10.6 Å². The summed E-state index contributed by atoms with van der Waals surface area (Å²) in [5.41, 5.74) is 5.48. The lowest BCUT2D eigenvalue weighted by atomic mass is 9.87. The first-order valence-electron chi connectivity index (χ1n) is 12.9. The van der Waals surface area contributed by atoms with Gasteiger partial charge >= 0.3 is 5.97 Å². The summed E-state index contributed by atoms with van der Waals surface area (Å²) in [6.07, 6.45) is 0.588. The number of thioether (sulfide) groups is 1. The molecule has 1 unspecified atom stereocenters. The number of fused-ring (bicyclic) bond motifs is 1. The van der Waals surface area contributed by atoms with E-state index in [0.717, 1.165) is 39.4 Å². The third kappa shape index (κ3) is 5.15. The van der Waals surface area contributed by atoms with Crippen molar-refractivity contribution in [3.8, 4) is 0 Å². The summed E-state index contributed by atoms with van der Waals surface area (Å²) < 4.78 is 10.2. The van der Waals surface area contributed by atoms with Crippen LogP contribution in [0, 0.1) is 0 Å². The van der Waals surface area contributed by atoms with Crippen LogP contribution in [0.3, 0.4) is 0 Å². The van der Waals surface area contributed by atoms with E-state index in [1.807, 2.05) is 60.7 Å². The number of hydrogen-bond donors (Lipinski definition) is 3. The molecule has 6 rings (SSSR count). The van der Waals surface area contributed by atoms with E-state index < -0.39 is 40.5 Å². The van der Waals surface area contributed by atoms with Gasteiger partial charge in [0.25, 0.3) is 11.8 Å². The second-order valence-electron chi connectivity index (χ2n) is 9.48. The number of benzene rings is 2. The SMILES string of the molecule is Nc1nc(C(=NO)C(=O)NC2(C=S)C(=O)N3C(C(=O)OC(c4ccccc4)c4ccccc4)=C(c4ncns4)CS[C@H]32)cs1. The maximum Gasteiger partial charge on any atom is 0.356 e. The fourth-order valence-electron chi connectivity index (χ4n) is 4.90. The molecule has 1 saturated heterocycles. The molecule has 0 spiro atoms. The molecule has 2 aromatic carbocycles. The van der Waals surface area contributed by atoms with Crippen LogP contribution in [0.5, 0.6) is 0 Å². The highest BCUT2D eigenvalue weighted by atomic mass is 32.2. The predicted molar refractivity (Wildman–Crippen MR) is 170 cm³/mol. The monoisotopic (exact) mass is 663 g/mol. The number of oxime groups is 1. The highest BCUT2D eigenvalue weighted by Crippen LogP contribution is 2.48. The van der Waals surface area contributed by atoms with Crippen molar-refractivity contribution in [2.24, 2.45) is 5.16 Å². The Labute approximate surface area is 267 Å². The van der Waals surface area contributed by atoms with Crippen LogP contribution in [0.1, 0.15) is 27.9 Å². The van der Waals surface area contributed by atoms with Gasteiger partial charge in [-0.25, -0.2) is 14.8 Å². The van der Waals surface area contributed by atoms with Gasteiger partial charge in [0.05, 0.1) is 0 Å². The number of nitrogens with two attached hydrogens (primary N) is 1. The third-order valence-electron chi connectivity index (χ3n) is 6.94. The summed E-state index contributed by atoms with van der Waals surface area (Å²) in [4.78, 5) is 50.9. The van der Waals surface area contributed by atoms with Crippen molar-refractivity contribution >= 4 is 86.4 Å². The molecule has 2 atom stereocenters. The van der Waals surface area contributed by atoms with Gasteiger partial charge in [-0.15, -0.1) is 23.1 Å². The van der Waals surface area contributed by atoms with E-state index >= 15 is 0 Å². The molecule has 222 valence electrons. The number of amides is 2. The van der Waals surface area contributed by atoms with Gasteiger partial charge in [0, 0.05) is 22.1 Å². The molecule has 0 aliphatic carbocycles. The van der Waals surface area contributed by atoms with Crippen molar-refractivity contribution in [2.75, 3.05) is 11.5 Å². The Morgan fingerprint density at radius 2 is 1.86 bits per heavy atom. The largest absolute Gasteiger partial charge is 0.448 e. The molecule has 4 aromatic rings. The van der Waals surface area contributed by atoms with Crippen LogP contribution < -0.4 is 11.1 Å². The standard InChI is InChI=1S/C28H21N7O5S4/c29-27-32-18(12-43-27)19(34-39)22(36)33-28(13-41)25(38)35-20(17(11-42-26(28)35)23-30-14-31-44-23)24(37)40-21(15-7-3-1-4-8-15)16-9-5-2-6-10-16/h1-10,12-14,21,26,39H,11H2,(H2,29,32)(H,33,36)/t26-,28?/m0/s1. The Kier molecular flexibility index (Phi) is 8.22. The number of nitrogens with zero attached hydrogens (tertiary/aromatic N) is 5. The van der Waals surface area contributed by atoms with Gasteiger partial charge in [-0.3, -0.25) is 14.5 Å². The predicted octanol–water partition coefficient (Wildman–Crippen LogP) is 3.27. The van der Waals surface area contributed by atoms with E-state index in [4.69, 9.17) is 22.7 Å². The minimum Gasteiger partial charge on any atom is -0.448 e. The quantitative estimate of drug-likeness (QED) is 0.0599. The van der Waals surface area contributed by atoms with E-state index in [1.54, 1.807) is 0 Å². The fraction of sp³-hybridized carbons (Fsp3) is 0.143. The first kappa shape index (κ1) is 29.6. The Bertz CT molecular complexity index is 1760. The van der Waals surface area contributed by atoms with Crippen LogP contribution in [0.2, 0.25) is 0 Å². The lowest BCUT2D eigenvalue weighted by Gasteiger charge is -2.55. The molecule has 2 aliphatic heterocycles. The van der Waals surface area contributed by atoms with Crippen molar-refractivity contribution in [3.05, 3.63) is 99.9 Å². The van der Waals surface area contributed by atoms with Gasteiger partial charge in [0.2, 0.25) is 0 Å². The van der Waals surface area contributed by atoms with Gasteiger partial charge in [0.15, 0.2) is 22.5 Å². The summed E-state index contributed by atoms with van der Waals surface area (Å²) in [5, 5.41) is 17.6. The smallest absolute Gasteiger partial charge is 0.356 e. The molecule has 44 heavy (non-hydrogen) atoms. The molecule has 4 N–H and O–H groups in total. The van der Waals surface area contributed by atoms with Gasteiger partial charge in [-0.2, -0.15) is 4.37 Å². The van der Waals surface area contributed by atoms with Crippen LogP contribution in [0.15, 0.2) is 83.2 Å². The molecule has 2 amide bonds. The van der Waals surface area contributed by atoms with Crippen LogP contribution in [0.4, 0.5) is 5.13 Å². The first-order valence-corrected chi connectivity index (χ1v) is 16.0. The average molecular weight is 664 g/mol. The zero-order chi connectivity index (χ0) is 30.8. The van der Waals surface area contributed by atoms with Gasteiger partial charge < -0.3 is 21.0 Å². The lowest BCUT2D eigenvalue weighted by Crippen LogP contribution is -2.80. The number of anilines is 1. The van der Waals surface area contributed by atoms with Gasteiger partial charge in [-0.1, -0.05) is 78.0 Å².